The molecule has 2 atom stereocenters. The minimum absolute atomic E-state index is 0.154. The van der Waals surface area contributed by atoms with Crippen LogP contribution in [-0.4, -0.2) is 56.4 Å². The summed E-state index contributed by atoms with van der Waals surface area (Å²) in [5.41, 5.74) is 4.55. The van der Waals surface area contributed by atoms with E-state index in [1.165, 1.54) is 11.1 Å². The highest BCUT2D eigenvalue weighted by atomic mass is 16.5. The van der Waals surface area contributed by atoms with E-state index >= 15 is 0 Å². The van der Waals surface area contributed by atoms with E-state index in [0.29, 0.717) is 13.1 Å². The standard InChI is InChI=1S/C21H26N4O2/c1-15-8-20-21(9-16(15)2)25(14-23-20)12-17(26)11-24-7-5-19(13-24)27-18-4-3-6-22-10-18/h3-4,6,8-10,14,17,19,26H,5,7,11-13H2,1-2H3/t17-,19-/m0/s1. The highest BCUT2D eigenvalue weighted by Crippen LogP contribution is 2.20. The van der Waals surface area contributed by atoms with Crippen molar-refractivity contribution in [3.05, 3.63) is 54.1 Å². The summed E-state index contributed by atoms with van der Waals surface area (Å²) in [7, 11) is 0. The molecule has 0 spiro atoms. The van der Waals surface area contributed by atoms with Crippen LogP contribution in [0.25, 0.3) is 11.0 Å². The minimum Gasteiger partial charge on any atom is -0.487 e. The van der Waals surface area contributed by atoms with Gasteiger partial charge in [-0.2, -0.15) is 0 Å². The second-order valence-electron chi connectivity index (χ2n) is 7.45. The summed E-state index contributed by atoms with van der Waals surface area (Å²) in [5.74, 6) is 0.806. The van der Waals surface area contributed by atoms with Crippen LogP contribution >= 0.6 is 0 Å². The zero-order valence-corrected chi connectivity index (χ0v) is 15.9. The lowest BCUT2D eigenvalue weighted by atomic mass is 10.1. The molecule has 1 aliphatic rings. The van der Waals surface area contributed by atoms with Gasteiger partial charge in [0.25, 0.3) is 0 Å². The summed E-state index contributed by atoms with van der Waals surface area (Å²) < 4.78 is 8.02. The summed E-state index contributed by atoms with van der Waals surface area (Å²) >= 11 is 0. The number of likely N-dealkylation sites (tertiary alicyclic amines) is 1. The topological polar surface area (TPSA) is 63.4 Å². The smallest absolute Gasteiger partial charge is 0.138 e. The molecule has 27 heavy (non-hydrogen) atoms. The lowest BCUT2D eigenvalue weighted by Gasteiger charge is -2.21. The number of fused-ring (bicyclic) bond motifs is 1. The maximum Gasteiger partial charge on any atom is 0.138 e. The normalized spacial score (nSPS) is 18.9. The fourth-order valence-electron chi connectivity index (χ4n) is 3.71. The van der Waals surface area contributed by atoms with Crippen LogP contribution in [0.5, 0.6) is 5.75 Å². The maximum atomic E-state index is 10.6. The molecule has 1 aliphatic heterocycles. The van der Waals surface area contributed by atoms with E-state index in [2.05, 4.69) is 40.8 Å². The number of hydrogen-bond acceptors (Lipinski definition) is 5. The molecule has 6 nitrogen and oxygen atoms in total. The lowest BCUT2D eigenvalue weighted by Crippen LogP contribution is -2.34. The van der Waals surface area contributed by atoms with E-state index in [9.17, 15) is 5.11 Å². The second kappa shape index (κ2) is 7.66. The Labute approximate surface area is 159 Å². The first kappa shape index (κ1) is 17.9. The average Bonchev–Trinajstić information content (AvgIpc) is 3.24. The van der Waals surface area contributed by atoms with Crippen molar-refractivity contribution < 1.29 is 9.84 Å². The van der Waals surface area contributed by atoms with Crippen LogP contribution in [-0.2, 0) is 6.54 Å². The summed E-state index contributed by atoms with van der Waals surface area (Å²) in [6.45, 7) is 7.15. The van der Waals surface area contributed by atoms with Crippen LogP contribution in [0.1, 0.15) is 17.5 Å². The molecular formula is C21H26N4O2. The zero-order valence-electron chi connectivity index (χ0n) is 15.9. The highest BCUT2D eigenvalue weighted by Gasteiger charge is 2.25. The summed E-state index contributed by atoms with van der Waals surface area (Å²) in [4.78, 5) is 10.8. The van der Waals surface area contributed by atoms with Crippen LogP contribution in [0.4, 0.5) is 0 Å². The van der Waals surface area contributed by atoms with E-state index in [1.807, 2.05) is 23.0 Å². The van der Waals surface area contributed by atoms with Gasteiger partial charge in [0.1, 0.15) is 11.9 Å². The number of aliphatic hydroxyl groups is 1. The Balaban J connectivity index is 1.33. The molecule has 1 N–H and O–H groups in total. The van der Waals surface area contributed by atoms with Crippen molar-refractivity contribution >= 4 is 11.0 Å². The highest BCUT2D eigenvalue weighted by molar-refractivity contribution is 5.77. The Morgan fingerprint density at radius 1 is 1.26 bits per heavy atom. The van der Waals surface area contributed by atoms with E-state index < -0.39 is 6.10 Å². The van der Waals surface area contributed by atoms with Crippen molar-refractivity contribution in [2.75, 3.05) is 19.6 Å². The van der Waals surface area contributed by atoms with Crippen molar-refractivity contribution in [3.8, 4) is 5.75 Å². The zero-order chi connectivity index (χ0) is 18.8. The SMILES string of the molecule is Cc1cc2ncn(C[C@@H](O)CN3CC[C@H](Oc4cccnc4)C3)c2cc1C. The number of β-amino-alcohol motifs (C(OH)–C–C–N with tert-alkyl or cyclic N) is 1. The van der Waals surface area contributed by atoms with Crippen LogP contribution in [0.3, 0.4) is 0 Å². The predicted octanol–water partition coefficient (Wildman–Crippen LogP) is 2.56. The number of pyridine rings is 1. The molecule has 2 aromatic heterocycles. The molecule has 142 valence electrons. The molecule has 0 radical (unpaired) electrons. The number of aliphatic hydroxyl groups excluding tert-OH is 1. The van der Waals surface area contributed by atoms with Crippen LogP contribution in [0.15, 0.2) is 43.0 Å². The third-order valence-electron chi connectivity index (χ3n) is 5.28. The van der Waals surface area contributed by atoms with Crippen LogP contribution < -0.4 is 4.74 Å². The number of aryl methyl sites for hydroxylation is 2. The van der Waals surface area contributed by atoms with Gasteiger partial charge in [0.05, 0.1) is 36.2 Å². The summed E-state index contributed by atoms with van der Waals surface area (Å²) in [5, 5.41) is 10.6. The molecule has 0 amide bonds. The van der Waals surface area contributed by atoms with Crippen LogP contribution in [0, 0.1) is 13.8 Å². The first-order chi connectivity index (χ1) is 13.1. The molecule has 1 saturated heterocycles. The van der Waals surface area contributed by atoms with E-state index in [0.717, 1.165) is 36.3 Å². The van der Waals surface area contributed by atoms with E-state index in [1.54, 1.807) is 12.4 Å². The number of aromatic nitrogens is 3. The third-order valence-corrected chi connectivity index (χ3v) is 5.28. The number of benzene rings is 1. The molecule has 1 aromatic carbocycles. The van der Waals surface area contributed by atoms with E-state index in [-0.39, 0.29) is 6.10 Å². The van der Waals surface area contributed by atoms with Gasteiger partial charge in [-0.1, -0.05) is 0 Å². The molecule has 3 aromatic rings. The largest absolute Gasteiger partial charge is 0.487 e. The van der Waals surface area contributed by atoms with Gasteiger partial charge in [0, 0.05) is 25.8 Å². The van der Waals surface area contributed by atoms with Crippen molar-refractivity contribution in [3.63, 3.8) is 0 Å². The van der Waals surface area contributed by atoms with Crippen molar-refractivity contribution in [1.29, 1.82) is 0 Å². The average molecular weight is 366 g/mol. The summed E-state index contributed by atoms with van der Waals surface area (Å²) in [6.07, 6.45) is 5.99. The van der Waals surface area contributed by atoms with Gasteiger partial charge in [-0.05, 0) is 55.7 Å². The molecule has 0 unspecified atom stereocenters. The molecular weight excluding hydrogens is 340 g/mol. The molecule has 0 bridgehead atoms. The van der Waals surface area contributed by atoms with Gasteiger partial charge in [-0.15, -0.1) is 0 Å². The van der Waals surface area contributed by atoms with Gasteiger partial charge in [-0.25, -0.2) is 4.98 Å². The van der Waals surface area contributed by atoms with Crippen molar-refractivity contribution in [1.82, 2.24) is 19.4 Å². The second-order valence-corrected chi connectivity index (χ2v) is 7.45. The fraction of sp³-hybridized carbons (Fsp3) is 0.429. The quantitative estimate of drug-likeness (QED) is 0.726. The first-order valence-corrected chi connectivity index (χ1v) is 9.47. The number of ether oxygens (including phenoxy) is 1. The molecule has 0 aliphatic carbocycles. The molecule has 4 rings (SSSR count). The number of rotatable bonds is 6. The predicted molar refractivity (Wildman–Crippen MR) is 105 cm³/mol. The van der Waals surface area contributed by atoms with Crippen molar-refractivity contribution in [2.24, 2.45) is 0 Å². The Hall–Kier alpha value is -2.44. The molecule has 3 heterocycles. The Morgan fingerprint density at radius 2 is 2.11 bits per heavy atom. The molecule has 1 fully saturated rings. The molecule has 0 saturated carbocycles. The summed E-state index contributed by atoms with van der Waals surface area (Å²) in [6, 6.07) is 8.06. The third kappa shape index (κ3) is 4.12. The Morgan fingerprint density at radius 3 is 2.93 bits per heavy atom. The Bertz CT molecular complexity index is 909. The number of nitrogens with zero attached hydrogens (tertiary/aromatic N) is 4. The fourth-order valence-corrected chi connectivity index (χ4v) is 3.71. The Kier molecular flexibility index (Phi) is 5.09. The van der Waals surface area contributed by atoms with Crippen molar-refractivity contribution in [2.45, 2.75) is 39.0 Å². The number of imidazole rings is 1. The number of hydrogen-bond donors (Lipinski definition) is 1. The first-order valence-electron chi connectivity index (χ1n) is 9.47. The monoisotopic (exact) mass is 366 g/mol. The van der Waals surface area contributed by atoms with Gasteiger partial charge in [0.15, 0.2) is 0 Å². The lowest BCUT2D eigenvalue weighted by molar-refractivity contribution is 0.103. The van der Waals surface area contributed by atoms with Crippen LogP contribution in [0.2, 0.25) is 0 Å². The maximum absolute atomic E-state index is 10.6. The minimum atomic E-state index is -0.443. The van der Waals surface area contributed by atoms with E-state index in [4.69, 9.17) is 4.74 Å². The van der Waals surface area contributed by atoms with Gasteiger partial charge >= 0.3 is 0 Å². The molecule has 6 heteroatoms. The van der Waals surface area contributed by atoms with Gasteiger partial charge < -0.3 is 14.4 Å². The van der Waals surface area contributed by atoms with Gasteiger partial charge in [0.2, 0.25) is 0 Å². The van der Waals surface area contributed by atoms with Gasteiger partial charge in [-0.3, -0.25) is 9.88 Å².